The van der Waals surface area contributed by atoms with Gasteiger partial charge in [0.2, 0.25) is 0 Å². The first-order chi connectivity index (χ1) is 16.0. The van der Waals surface area contributed by atoms with Crippen molar-refractivity contribution in [3.63, 3.8) is 0 Å². The molecular formula is C26H23ClN2O5. The normalized spacial score (nSPS) is 10.2. The minimum absolute atomic E-state index is 0. The van der Waals surface area contributed by atoms with Crippen molar-refractivity contribution < 1.29 is 23.8 Å². The molecule has 0 unspecified atom stereocenters. The third-order valence-electron chi connectivity index (χ3n) is 5.21. The molecule has 0 atom stereocenters. The van der Waals surface area contributed by atoms with E-state index in [1.165, 1.54) is 33.5 Å². The molecule has 1 aromatic heterocycles. The van der Waals surface area contributed by atoms with Crippen LogP contribution >= 0.6 is 12.4 Å². The number of carbonyl (C=O) groups excluding carboxylic acids is 2. The van der Waals surface area contributed by atoms with E-state index in [1.54, 1.807) is 6.07 Å². The van der Waals surface area contributed by atoms with Gasteiger partial charge in [0.25, 0.3) is 5.91 Å². The zero-order valence-electron chi connectivity index (χ0n) is 18.8. The van der Waals surface area contributed by atoms with E-state index in [0.29, 0.717) is 33.7 Å². The summed E-state index contributed by atoms with van der Waals surface area (Å²) in [4.78, 5) is 30.6. The summed E-state index contributed by atoms with van der Waals surface area (Å²) >= 11 is 0. The van der Waals surface area contributed by atoms with Crippen molar-refractivity contribution in [1.29, 1.82) is 0 Å². The Morgan fingerprint density at radius 3 is 2.12 bits per heavy atom. The molecule has 0 fully saturated rings. The number of amides is 1. The Morgan fingerprint density at radius 1 is 0.794 bits per heavy atom. The zero-order valence-corrected chi connectivity index (χ0v) is 19.6. The molecule has 1 amide bonds. The number of benzene rings is 3. The van der Waals surface area contributed by atoms with Gasteiger partial charge in [0, 0.05) is 23.1 Å². The van der Waals surface area contributed by atoms with Gasteiger partial charge in [0.05, 0.1) is 49.4 Å². The summed E-state index contributed by atoms with van der Waals surface area (Å²) < 4.78 is 15.5. The third kappa shape index (κ3) is 4.79. The summed E-state index contributed by atoms with van der Waals surface area (Å²) in [6.07, 6.45) is 0. The van der Waals surface area contributed by atoms with Crippen LogP contribution in [-0.2, 0) is 4.74 Å². The number of anilines is 1. The average molecular weight is 479 g/mol. The Hall–Kier alpha value is -4.10. The molecule has 34 heavy (non-hydrogen) atoms. The second kappa shape index (κ2) is 10.7. The highest BCUT2D eigenvalue weighted by Gasteiger charge is 2.21. The van der Waals surface area contributed by atoms with E-state index >= 15 is 0 Å². The van der Waals surface area contributed by atoms with Crippen molar-refractivity contribution in [1.82, 2.24) is 4.98 Å². The predicted octanol–water partition coefficient (Wildman–Crippen LogP) is 5.38. The van der Waals surface area contributed by atoms with Crippen LogP contribution in [0.15, 0.2) is 72.8 Å². The van der Waals surface area contributed by atoms with Crippen molar-refractivity contribution >= 4 is 40.9 Å². The van der Waals surface area contributed by atoms with Gasteiger partial charge < -0.3 is 19.5 Å². The molecular weight excluding hydrogens is 456 g/mol. The van der Waals surface area contributed by atoms with Crippen LogP contribution in [0.5, 0.6) is 11.5 Å². The monoisotopic (exact) mass is 478 g/mol. The predicted molar refractivity (Wildman–Crippen MR) is 133 cm³/mol. The number of aromatic nitrogens is 1. The van der Waals surface area contributed by atoms with Gasteiger partial charge in [-0.25, -0.2) is 9.78 Å². The quantitative estimate of drug-likeness (QED) is 0.374. The molecule has 0 aliphatic carbocycles. The van der Waals surface area contributed by atoms with E-state index in [2.05, 4.69) is 5.32 Å². The summed E-state index contributed by atoms with van der Waals surface area (Å²) in [5.74, 6) is -0.305. The van der Waals surface area contributed by atoms with E-state index in [0.717, 1.165) is 5.56 Å². The number of fused-ring (bicyclic) bond motifs is 1. The maximum atomic E-state index is 13.5. The molecule has 0 aliphatic heterocycles. The molecule has 0 saturated carbocycles. The van der Waals surface area contributed by atoms with Crippen LogP contribution in [0.2, 0.25) is 0 Å². The van der Waals surface area contributed by atoms with Gasteiger partial charge in [-0.15, -0.1) is 12.4 Å². The molecule has 174 valence electrons. The molecule has 0 radical (unpaired) electrons. The summed E-state index contributed by atoms with van der Waals surface area (Å²) in [6.45, 7) is 0. The number of hydrogen-bond donors (Lipinski definition) is 1. The number of nitrogens with zero attached hydrogens (tertiary/aromatic N) is 1. The minimum atomic E-state index is -0.615. The van der Waals surface area contributed by atoms with E-state index in [-0.39, 0.29) is 23.7 Å². The van der Waals surface area contributed by atoms with Crippen LogP contribution in [0.1, 0.15) is 20.7 Å². The highest BCUT2D eigenvalue weighted by atomic mass is 35.5. The summed E-state index contributed by atoms with van der Waals surface area (Å²) in [7, 11) is 4.21. The highest BCUT2D eigenvalue weighted by Crippen LogP contribution is 2.34. The Bertz CT molecular complexity index is 1340. The molecule has 4 aromatic rings. The number of methoxy groups -OCH3 is 3. The molecule has 8 heteroatoms. The number of rotatable bonds is 6. The topological polar surface area (TPSA) is 86.8 Å². The maximum absolute atomic E-state index is 13.5. The number of halogens is 1. The van der Waals surface area contributed by atoms with Gasteiger partial charge in [0.15, 0.2) is 11.5 Å². The Morgan fingerprint density at radius 2 is 1.44 bits per heavy atom. The minimum Gasteiger partial charge on any atom is -0.493 e. The van der Waals surface area contributed by atoms with Crippen LogP contribution in [0.25, 0.3) is 22.2 Å². The SMILES string of the molecule is COC(=O)c1cc(OC)c(OC)cc1NC(=O)c1cc(-c2ccccc2)nc2ccccc12.Cl. The van der Waals surface area contributed by atoms with Gasteiger partial charge in [-0.1, -0.05) is 48.5 Å². The number of hydrogen-bond acceptors (Lipinski definition) is 6. The van der Waals surface area contributed by atoms with E-state index in [9.17, 15) is 9.59 Å². The smallest absolute Gasteiger partial charge is 0.340 e. The lowest BCUT2D eigenvalue weighted by atomic mass is 10.0. The first-order valence-corrected chi connectivity index (χ1v) is 10.2. The Kier molecular flexibility index (Phi) is 7.71. The van der Waals surface area contributed by atoms with Gasteiger partial charge >= 0.3 is 5.97 Å². The number of para-hydroxylation sites is 1. The van der Waals surface area contributed by atoms with Crippen molar-refractivity contribution in [2.75, 3.05) is 26.6 Å². The lowest BCUT2D eigenvalue weighted by molar-refractivity contribution is 0.0601. The fourth-order valence-electron chi connectivity index (χ4n) is 3.57. The molecule has 0 saturated heterocycles. The first kappa shape index (κ1) is 24.5. The maximum Gasteiger partial charge on any atom is 0.340 e. The number of carbonyl (C=O) groups is 2. The number of nitrogens with one attached hydrogen (secondary N) is 1. The van der Waals surface area contributed by atoms with Gasteiger partial charge in [-0.3, -0.25) is 4.79 Å². The van der Waals surface area contributed by atoms with Crippen molar-refractivity contribution in [2.45, 2.75) is 0 Å². The van der Waals surface area contributed by atoms with Crippen LogP contribution in [0.3, 0.4) is 0 Å². The summed E-state index contributed by atoms with van der Waals surface area (Å²) in [5, 5.41) is 3.53. The number of esters is 1. The lowest BCUT2D eigenvalue weighted by Crippen LogP contribution is -2.16. The van der Waals surface area contributed by atoms with Crippen LogP contribution < -0.4 is 14.8 Å². The summed E-state index contributed by atoms with van der Waals surface area (Å²) in [6, 6.07) is 21.8. The molecule has 4 rings (SSSR count). The van der Waals surface area contributed by atoms with Crippen molar-refractivity contribution in [3.8, 4) is 22.8 Å². The number of ether oxygens (including phenoxy) is 3. The van der Waals surface area contributed by atoms with E-state index in [4.69, 9.17) is 19.2 Å². The highest BCUT2D eigenvalue weighted by molar-refractivity contribution is 6.14. The molecule has 0 bridgehead atoms. The summed E-state index contributed by atoms with van der Waals surface area (Å²) in [5.41, 5.74) is 3.05. The average Bonchev–Trinajstić information content (AvgIpc) is 2.87. The number of pyridine rings is 1. The molecule has 1 N–H and O–H groups in total. The second-order valence-corrected chi connectivity index (χ2v) is 7.14. The van der Waals surface area contributed by atoms with E-state index < -0.39 is 11.9 Å². The van der Waals surface area contributed by atoms with Crippen molar-refractivity contribution in [3.05, 3.63) is 83.9 Å². The fourth-order valence-corrected chi connectivity index (χ4v) is 3.57. The fraction of sp³-hybridized carbons (Fsp3) is 0.115. The Labute approximate surface area is 203 Å². The van der Waals surface area contributed by atoms with Crippen LogP contribution in [0, 0.1) is 0 Å². The Balaban J connectivity index is 0.00000324. The van der Waals surface area contributed by atoms with Gasteiger partial charge in [-0.2, -0.15) is 0 Å². The van der Waals surface area contributed by atoms with Crippen molar-refractivity contribution in [2.24, 2.45) is 0 Å². The lowest BCUT2D eigenvalue weighted by Gasteiger charge is -2.15. The largest absolute Gasteiger partial charge is 0.493 e. The third-order valence-corrected chi connectivity index (χ3v) is 5.21. The molecule has 0 spiro atoms. The van der Waals surface area contributed by atoms with Gasteiger partial charge in [-0.05, 0) is 12.1 Å². The second-order valence-electron chi connectivity index (χ2n) is 7.14. The van der Waals surface area contributed by atoms with Crippen LogP contribution in [0.4, 0.5) is 5.69 Å². The van der Waals surface area contributed by atoms with Crippen LogP contribution in [-0.4, -0.2) is 38.2 Å². The van der Waals surface area contributed by atoms with Gasteiger partial charge in [0.1, 0.15) is 0 Å². The zero-order chi connectivity index (χ0) is 23.4. The first-order valence-electron chi connectivity index (χ1n) is 10.2. The molecule has 7 nitrogen and oxygen atoms in total. The van der Waals surface area contributed by atoms with E-state index in [1.807, 2.05) is 54.6 Å². The molecule has 3 aromatic carbocycles. The molecule has 0 aliphatic rings. The molecule has 1 heterocycles. The standard InChI is InChI=1S/C26H22N2O5.ClH/c1-31-23-14-19(26(30)33-3)22(15-24(23)32-2)28-25(29)18-13-21(16-9-5-4-6-10-16)27-20-12-8-7-11-17(18)20;/h4-15H,1-3H3,(H,28,29);1H.